The molecule has 0 saturated carbocycles. The third kappa shape index (κ3) is 2.01. The highest BCUT2D eigenvalue weighted by Crippen LogP contribution is 2.44. The van der Waals surface area contributed by atoms with E-state index in [-0.39, 0.29) is 12.4 Å². The lowest BCUT2D eigenvalue weighted by atomic mass is 9.98. The number of anilines is 1. The van der Waals surface area contributed by atoms with Crippen molar-refractivity contribution in [3.05, 3.63) is 47.9 Å². The zero-order chi connectivity index (χ0) is 15.1. The van der Waals surface area contributed by atoms with E-state index < -0.39 is 0 Å². The van der Waals surface area contributed by atoms with Crippen LogP contribution in [0.3, 0.4) is 0 Å². The Kier molecular flexibility index (Phi) is 3.32. The Morgan fingerprint density at radius 2 is 2.14 bits per heavy atom. The van der Waals surface area contributed by atoms with Gasteiger partial charge in [-0.2, -0.15) is 0 Å². The minimum atomic E-state index is -0.206. The first-order chi connectivity index (χ1) is 10.8. The number of aromatic amines is 1. The van der Waals surface area contributed by atoms with Crippen LogP contribution in [-0.4, -0.2) is 22.5 Å². The van der Waals surface area contributed by atoms with Crippen LogP contribution in [0.15, 0.2) is 41.4 Å². The van der Waals surface area contributed by atoms with Crippen molar-refractivity contribution in [2.75, 3.05) is 17.7 Å². The van der Waals surface area contributed by atoms with Crippen LogP contribution in [-0.2, 0) is 6.54 Å². The minimum absolute atomic E-state index is 0.0747. The van der Waals surface area contributed by atoms with E-state index in [1.165, 1.54) is 17.8 Å². The van der Waals surface area contributed by atoms with Crippen LogP contribution in [0, 0.1) is 5.82 Å². The van der Waals surface area contributed by atoms with Crippen molar-refractivity contribution < 1.29 is 9.50 Å². The van der Waals surface area contributed by atoms with Gasteiger partial charge in [-0.15, -0.1) is 11.8 Å². The Labute approximate surface area is 131 Å². The molecule has 0 spiro atoms. The highest BCUT2D eigenvalue weighted by molar-refractivity contribution is 7.99. The lowest BCUT2D eigenvalue weighted by molar-refractivity contribution is 0.322. The van der Waals surface area contributed by atoms with Crippen molar-refractivity contribution in [3.63, 3.8) is 0 Å². The van der Waals surface area contributed by atoms with Crippen LogP contribution in [0.1, 0.15) is 5.56 Å². The standard InChI is InChI=1S/C17H15FN2OS/c18-12-3-4-14-16-11(9-20-14)10(13-2-1-5-19-13)8-15(17(12)16)22-7-6-21/h1-5,8,19-21H,6-7,9H2. The van der Waals surface area contributed by atoms with E-state index in [1.54, 1.807) is 6.07 Å². The summed E-state index contributed by atoms with van der Waals surface area (Å²) in [4.78, 5) is 4.11. The smallest absolute Gasteiger partial charge is 0.132 e. The van der Waals surface area contributed by atoms with E-state index in [2.05, 4.69) is 10.3 Å². The van der Waals surface area contributed by atoms with Crippen molar-refractivity contribution in [2.45, 2.75) is 11.4 Å². The number of benzene rings is 2. The predicted octanol–water partition coefficient (Wildman–Crippen LogP) is 3.98. The van der Waals surface area contributed by atoms with Gasteiger partial charge in [-0.25, -0.2) is 4.39 Å². The maximum atomic E-state index is 14.4. The van der Waals surface area contributed by atoms with Gasteiger partial charge in [0, 0.05) is 51.1 Å². The summed E-state index contributed by atoms with van der Waals surface area (Å²) in [5.74, 6) is 0.345. The van der Waals surface area contributed by atoms with Crippen molar-refractivity contribution in [3.8, 4) is 11.3 Å². The number of nitrogens with one attached hydrogen (secondary N) is 2. The Morgan fingerprint density at radius 1 is 1.23 bits per heavy atom. The molecule has 2 aromatic carbocycles. The molecule has 0 saturated heterocycles. The maximum absolute atomic E-state index is 14.4. The fourth-order valence-corrected chi connectivity index (χ4v) is 3.94. The van der Waals surface area contributed by atoms with E-state index in [0.717, 1.165) is 32.8 Å². The SMILES string of the molecule is OCCSc1cc(-c2ccc[nH]2)c2c3c(ccc(F)c13)NC2. The van der Waals surface area contributed by atoms with Gasteiger partial charge in [-0.3, -0.25) is 0 Å². The van der Waals surface area contributed by atoms with Crippen molar-refractivity contribution in [1.82, 2.24) is 4.98 Å². The molecule has 112 valence electrons. The highest BCUT2D eigenvalue weighted by atomic mass is 32.2. The van der Waals surface area contributed by atoms with Gasteiger partial charge in [0.1, 0.15) is 5.82 Å². The molecule has 3 N–H and O–H groups in total. The summed E-state index contributed by atoms with van der Waals surface area (Å²) in [6.07, 6.45) is 1.89. The van der Waals surface area contributed by atoms with E-state index >= 15 is 0 Å². The van der Waals surface area contributed by atoms with Gasteiger partial charge in [-0.05, 0) is 35.9 Å². The lowest BCUT2D eigenvalue weighted by Crippen LogP contribution is -1.94. The van der Waals surface area contributed by atoms with Crippen LogP contribution in [0.4, 0.5) is 10.1 Å². The number of hydrogen-bond donors (Lipinski definition) is 3. The van der Waals surface area contributed by atoms with E-state index in [9.17, 15) is 4.39 Å². The molecule has 4 rings (SSSR count). The molecule has 0 radical (unpaired) electrons. The maximum Gasteiger partial charge on any atom is 0.132 e. The van der Waals surface area contributed by atoms with Gasteiger partial charge in [0.25, 0.3) is 0 Å². The summed E-state index contributed by atoms with van der Waals surface area (Å²) in [7, 11) is 0. The zero-order valence-electron chi connectivity index (χ0n) is 11.8. The van der Waals surface area contributed by atoms with Crippen LogP contribution in [0.5, 0.6) is 0 Å². The summed E-state index contributed by atoms with van der Waals surface area (Å²) in [5, 5.41) is 14.1. The van der Waals surface area contributed by atoms with Crippen LogP contribution in [0.2, 0.25) is 0 Å². The molecule has 0 atom stereocenters. The number of hydrogen-bond acceptors (Lipinski definition) is 3. The van der Waals surface area contributed by atoms with Gasteiger partial charge in [-0.1, -0.05) is 0 Å². The molecule has 5 heteroatoms. The Bertz CT molecular complexity index is 846. The molecule has 0 fully saturated rings. The first-order valence-electron chi connectivity index (χ1n) is 7.19. The fourth-order valence-electron chi connectivity index (χ4n) is 3.08. The van der Waals surface area contributed by atoms with E-state index in [1.807, 2.05) is 24.4 Å². The number of H-pyrrole nitrogens is 1. The van der Waals surface area contributed by atoms with Crippen molar-refractivity contribution >= 4 is 28.2 Å². The molecule has 0 bridgehead atoms. The summed E-state index contributed by atoms with van der Waals surface area (Å²) in [6, 6.07) is 9.32. The molecule has 2 heterocycles. The lowest BCUT2D eigenvalue weighted by Gasteiger charge is -2.13. The molecule has 0 aliphatic carbocycles. The number of thioether (sulfide) groups is 1. The molecular formula is C17H15FN2OS. The van der Waals surface area contributed by atoms with Crippen LogP contribution < -0.4 is 5.32 Å². The highest BCUT2D eigenvalue weighted by Gasteiger charge is 2.23. The van der Waals surface area contributed by atoms with E-state index in [0.29, 0.717) is 17.7 Å². The number of halogens is 1. The number of aliphatic hydroxyl groups is 1. The second-order valence-corrected chi connectivity index (χ2v) is 6.39. The second kappa shape index (κ2) is 5.34. The molecule has 1 aromatic heterocycles. The zero-order valence-corrected chi connectivity index (χ0v) is 12.6. The molecule has 0 amide bonds. The average Bonchev–Trinajstić information content (AvgIpc) is 3.19. The quantitative estimate of drug-likeness (QED) is 0.638. The fraction of sp³-hybridized carbons (Fsp3) is 0.176. The van der Waals surface area contributed by atoms with Gasteiger partial charge in [0.15, 0.2) is 0 Å². The second-order valence-electron chi connectivity index (χ2n) is 5.26. The van der Waals surface area contributed by atoms with Crippen molar-refractivity contribution in [1.29, 1.82) is 0 Å². The van der Waals surface area contributed by atoms with Crippen molar-refractivity contribution in [2.24, 2.45) is 0 Å². The molecule has 22 heavy (non-hydrogen) atoms. The molecule has 3 nitrogen and oxygen atoms in total. The van der Waals surface area contributed by atoms with Gasteiger partial charge >= 0.3 is 0 Å². The first kappa shape index (κ1) is 13.7. The Hall–Kier alpha value is -1.98. The number of aromatic nitrogens is 1. The van der Waals surface area contributed by atoms with Gasteiger partial charge < -0.3 is 15.4 Å². The summed E-state index contributed by atoms with van der Waals surface area (Å²) < 4.78 is 14.4. The predicted molar refractivity (Wildman–Crippen MR) is 88.8 cm³/mol. The number of aliphatic hydroxyl groups excluding tert-OH is 1. The third-order valence-electron chi connectivity index (χ3n) is 4.00. The molecule has 3 aromatic rings. The summed E-state index contributed by atoms with van der Waals surface area (Å²) in [6.45, 7) is 0.778. The third-order valence-corrected chi connectivity index (χ3v) is 5.02. The molecular weight excluding hydrogens is 299 g/mol. The number of rotatable bonds is 4. The Morgan fingerprint density at radius 3 is 2.91 bits per heavy atom. The molecule has 1 aliphatic rings. The summed E-state index contributed by atoms with van der Waals surface area (Å²) in [5.41, 5.74) is 4.22. The molecule has 0 unspecified atom stereocenters. The Balaban J connectivity index is 2.04. The summed E-state index contributed by atoms with van der Waals surface area (Å²) >= 11 is 1.49. The largest absolute Gasteiger partial charge is 0.396 e. The topological polar surface area (TPSA) is 48.0 Å². The van der Waals surface area contributed by atoms with Gasteiger partial charge in [0.05, 0.1) is 6.61 Å². The monoisotopic (exact) mass is 314 g/mol. The van der Waals surface area contributed by atoms with E-state index in [4.69, 9.17) is 5.11 Å². The molecule has 1 aliphatic heterocycles. The van der Waals surface area contributed by atoms with Crippen LogP contribution in [0.25, 0.3) is 22.0 Å². The minimum Gasteiger partial charge on any atom is -0.396 e. The van der Waals surface area contributed by atoms with Gasteiger partial charge in [0.2, 0.25) is 0 Å². The first-order valence-corrected chi connectivity index (χ1v) is 8.17. The average molecular weight is 314 g/mol. The normalized spacial score (nSPS) is 12.8. The van der Waals surface area contributed by atoms with Crippen LogP contribution >= 0.6 is 11.8 Å².